The number of nitrogens with one attached hydrogen (secondary N) is 2. The van der Waals surface area contributed by atoms with Gasteiger partial charge in [0.1, 0.15) is 18.5 Å². The number of ether oxygens (including phenoxy) is 2. The molecule has 0 heterocycles. The maximum absolute atomic E-state index is 13.2. The maximum atomic E-state index is 13.2. The van der Waals surface area contributed by atoms with Crippen molar-refractivity contribution in [2.75, 3.05) is 6.61 Å². The van der Waals surface area contributed by atoms with E-state index in [9.17, 15) is 14.0 Å². The molecule has 0 spiro atoms. The number of amides is 2. The third kappa shape index (κ3) is 8.39. The van der Waals surface area contributed by atoms with Crippen LogP contribution < -0.4 is 20.2 Å². The summed E-state index contributed by atoms with van der Waals surface area (Å²) < 4.78 is 26.6. The molecule has 0 bridgehead atoms. The van der Waals surface area contributed by atoms with Gasteiger partial charge in [-0.15, -0.1) is 0 Å². The highest BCUT2D eigenvalue weighted by molar-refractivity contribution is 9.10. The van der Waals surface area contributed by atoms with E-state index < -0.39 is 23.7 Å². The van der Waals surface area contributed by atoms with Crippen LogP contribution in [-0.2, 0) is 11.4 Å². The lowest BCUT2D eigenvalue weighted by Crippen LogP contribution is -2.48. The highest BCUT2D eigenvalue weighted by atomic mass is 79.9. The SMILES string of the molecule is CCOc1cc(/C=N/NC(=O)C(NC(=O)c2ccc(F)cc2)C(C)C)cc(Br)c1OCc1ccc(Br)cc1. The summed E-state index contributed by atoms with van der Waals surface area (Å²) in [6, 6.07) is 15.6. The Labute approximate surface area is 238 Å². The molecule has 0 saturated carbocycles. The first-order valence-electron chi connectivity index (χ1n) is 11.9. The minimum absolute atomic E-state index is 0.213. The van der Waals surface area contributed by atoms with E-state index in [2.05, 4.69) is 47.7 Å². The van der Waals surface area contributed by atoms with E-state index in [1.54, 1.807) is 26.0 Å². The van der Waals surface area contributed by atoms with E-state index in [0.717, 1.165) is 10.0 Å². The largest absolute Gasteiger partial charge is 0.490 e. The summed E-state index contributed by atoms with van der Waals surface area (Å²) in [6.45, 7) is 6.27. The maximum Gasteiger partial charge on any atom is 0.262 e. The molecule has 3 aromatic carbocycles. The Morgan fingerprint density at radius 2 is 1.71 bits per heavy atom. The van der Waals surface area contributed by atoms with Gasteiger partial charge >= 0.3 is 0 Å². The molecule has 0 saturated heterocycles. The van der Waals surface area contributed by atoms with E-state index in [-0.39, 0.29) is 11.5 Å². The van der Waals surface area contributed by atoms with Crippen molar-refractivity contribution < 1.29 is 23.5 Å². The first-order chi connectivity index (χ1) is 18.2. The van der Waals surface area contributed by atoms with Crippen LogP contribution in [0.4, 0.5) is 4.39 Å². The number of hydrazone groups is 1. The van der Waals surface area contributed by atoms with Crippen molar-refractivity contribution in [2.24, 2.45) is 11.0 Å². The Hall–Kier alpha value is -3.24. The van der Waals surface area contributed by atoms with Crippen molar-refractivity contribution in [1.29, 1.82) is 0 Å². The molecule has 38 heavy (non-hydrogen) atoms. The molecule has 1 atom stereocenters. The first kappa shape index (κ1) is 29.3. The smallest absolute Gasteiger partial charge is 0.262 e. The highest BCUT2D eigenvalue weighted by Crippen LogP contribution is 2.37. The molecule has 0 fully saturated rings. The minimum atomic E-state index is -0.843. The predicted octanol–water partition coefficient (Wildman–Crippen LogP) is 6.23. The van der Waals surface area contributed by atoms with Gasteiger partial charge in [-0.05, 0) is 88.4 Å². The standard InChI is InChI=1S/C28H28Br2FN3O4/c1-4-37-24-14-19(13-23(30)26(24)38-16-18-5-9-21(29)10-6-18)15-32-34-28(36)25(17(2)3)33-27(35)20-7-11-22(31)12-8-20/h5-15,17,25H,4,16H2,1-3H3,(H,33,35)(H,34,36)/b32-15+. The summed E-state index contributed by atoms with van der Waals surface area (Å²) in [5.41, 5.74) is 4.40. The number of rotatable bonds is 11. The molecule has 3 rings (SSSR count). The predicted molar refractivity (Wildman–Crippen MR) is 152 cm³/mol. The minimum Gasteiger partial charge on any atom is -0.490 e. The fourth-order valence-electron chi connectivity index (χ4n) is 3.40. The Bertz CT molecular complexity index is 1280. The van der Waals surface area contributed by atoms with E-state index in [1.165, 1.54) is 30.5 Å². The summed E-state index contributed by atoms with van der Waals surface area (Å²) in [6.07, 6.45) is 1.48. The molecular formula is C28H28Br2FN3O4. The number of halogens is 3. The second kappa shape index (κ2) is 14.1. The van der Waals surface area contributed by atoms with Gasteiger partial charge in [-0.1, -0.05) is 41.9 Å². The molecule has 3 aromatic rings. The van der Waals surface area contributed by atoms with E-state index in [0.29, 0.717) is 34.7 Å². The Kier molecular flexibility index (Phi) is 10.8. The van der Waals surface area contributed by atoms with Gasteiger partial charge in [0, 0.05) is 10.0 Å². The average molecular weight is 649 g/mol. The second-order valence-electron chi connectivity index (χ2n) is 8.61. The summed E-state index contributed by atoms with van der Waals surface area (Å²) in [7, 11) is 0. The van der Waals surface area contributed by atoms with Crippen molar-refractivity contribution in [2.45, 2.75) is 33.4 Å². The lowest BCUT2D eigenvalue weighted by Gasteiger charge is -2.20. The van der Waals surface area contributed by atoms with Gasteiger partial charge in [-0.3, -0.25) is 9.59 Å². The Morgan fingerprint density at radius 1 is 1.03 bits per heavy atom. The quantitative estimate of drug-likeness (QED) is 0.191. The molecular weight excluding hydrogens is 621 g/mol. The van der Waals surface area contributed by atoms with Gasteiger partial charge in [0.25, 0.3) is 11.8 Å². The van der Waals surface area contributed by atoms with Crippen LogP contribution in [0.15, 0.2) is 74.7 Å². The van der Waals surface area contributed by atoms with E-state index in [1.807, 2.05) is 31.2 Å². The zero-order valence-corrected chi connectivity index (χ0v) is 24.3. The number of hydrogen-bond acceptors (Lipinski definition) is 5. The van der Waals surface area contributed by atoms with Gasteiger partial charge in [-0.25, -0.2) is 9.82 Å². The van der Waals surface area contributed by atoms with Crippen LogP contribution in [0.5, 0.6) is 11.5 Å². The number of carbonyl (C=O) groups is 2. The Balaban J connectivity index is 1.67. The van der Waals surface area contributed by atoms with Crippen LogP contribution in [0.1, 0.15) is 42.3 Å². The van der Waals surface area contributed by atoms with E-state index >= 15 is 0 Å². The number of carbonyl (C=O) groups excluding carboxylic acids is 2. The second-order valence-corrected chi connectivity index (χ2v) is 10.4. The third-order valence-electron chi connectivity index (χ3n) is 5.36. The molecule has 0 radical (unpaired) electrons. The molecule has 0 aliphatic heterocycles. The van der Waals surface area contributed by atoms with Gasteiger partial charge < -0.3 is 14.8 Å². The van der Waals surface area contributed by atoms with Crippen molar-refractivity contribution in [3.05, 3.63) is 92.1 Å². The van der Waals surface area contributed by atoms with Crippen molar-refractivity contribution in [1.82, 2.24) is 10.7 Å². The topological polar surface area (TPSA) is 89.0 Å². The van der Waals surface area contributed by atoms with E-state index in [4.69, 9.17) is 9.47 Å². The lowest BCUT2D eigenvalue weighted by atomic mass is 10.0. The average Bonchev–Trinajstić information content (AvgIpc) is 2.88. The van der Waals surface area contributed by atoms with Crippen molar-refractivity contribution >= 4 is 49.9 Å². The number of hydrogen-bond donors (Lipinski definition) is 2. The van der Waals surface area contributed by atoms with Crippen LogP contribution in [0.25, 0.3) is 0 Å². The normalized spacial score (nSPS) is 11.9. The van der Waals surface area contributed by atoms with Gasteiger partial charge in [0.15, 0.2) is 11.5 Å². The molecule has 200 valence electrons. The zero-order valence-electron chi connectivity index (χ0n) is 21.1. The van der Waals surface area contributed by atoms with Gasteiger partial charge in [0.05, 0.1) is 17.3 Å². The lowest BCUT2D eigenvalue weighted by molar-refractivity contribution is -0.123. The first-order valence-corrected chi connectivity index (χ1v) is 13.5. The fourth-order valence-corrected chi connectivity index (χ4v) is 4.24. The van der Waals surface area contributed by atoms with Crippen molar-refractivity contribution in [3.8, 4) is 11.5 Å². The molecule has 10 heteroatoms. The summed E-state index contributed by atoms with van der Waals surface area (Å²) in [5.74, 6) is -0.539. The molecule has 2 amide bonds. The Morgan fingerprint density at radius 3 is 2.34 bits per heavy atom. The molecule has 0 aliphatic carbocycles. The molecule has 0 aromatic heterocycles. The number of nitrogens with zero attached hydrogens (tertiary/aromatic N) is 1. The molecule has 1 unspecified atom stereocenters. The van der Waals surface area contributed by atoms with Crippen LogP contribution in [-0.4, -0.2) is 30.7 Å². The summed E-state index contributed by atoms with van der Waals surface area (Å²) in [4.78, 5) is 25.3. The van der Waals surface area contributed by atoms with Crippen LogP contribution in [0.3, 0.4) is 0 Å². The zero-order chi connectivity index (χ0) is 27.7. The van der Waals surface area contributed by atoms with Gasteiger partial charge in [0.2, 0.25) is 0 Å². The highest BCUT2D eigenvalue weighted by Gasteiger charge is 2.24. The monoisotopic (exact) mass is 647 g/mol. The van der Waals surface area contributed by atoms with Gasteiger partial charge in [-0.2, -0.15) is 5.10 Å². The summed E-state index contributed by atoms with van der Waals surface area (Å²) >= 11 is 6.96. The van der Waals surface area contributed by atoms with Crippen molar-refractivity contribution in [3.63, 3.8) is 0 Å². The van der Waals surface area contributed by atoms with Crippen LogP contribution >= 0.6 is 31.9 Å². The number of benzene rings is 3. The summed E-state index contributed by atoms with van der Waals surface area (Å²) in [5, 5.41) is 6.74. The molecule has 0 aliphatic rings. The van der Waals surface area contributed by atoms with Crippen LogP contribution in [0, 0.1) is 11.7 Å². The fraction of sp³-hybridized carbons (Fsp3) is 0.250. The third-order valence-corrected chi connectivity index (χ3v) is 6.48. The molecule has 2 N–H and O–H groups in total. The van der Waals surface area contributed by atoms with Crippen LogP contribution in [0.2, 0.25) is 0 Å². The molecule has 7 nitrogen and oxygen atoms in total.